The highest BCUT2D eigenvalue weighted by molar-refractivity contribution is 6.34. The average Bonchev–Trinajstić information content (AvgIpc) is 3.43. The molecule has 4 aromatic carbocycles. The Morgan fingerprint density at radius 2 is 0.722 bits per heavy atom. The first kappa shape index (κ1) is 38.1. The van der Waals surface area contributed by atoms with Gasteiger partial charge in [0.2, 0.25) is 10.8 Å². The number of benzene rings is 4. The predicted octanol–water partition coefficient (Wildman–Crippen LogP) is 8.84. The number of hydrogen-bond acceptors (Lipinski definition) is 4. The second-order valence-electron chi connectivity index (χ2n) is 12.5. The minimum Gasteiger partial charge on any atom is -0.277 e. The summed E-state index contributed by atoms with van der Waals surface area (Å²) in [5.74, 6) is -5.08. The maximum absolute atomic E-state index is 15.0. The van der Waals surface area contributed by atoms with Gasteiger partial charge >= 0.3 is 24.7 Å². The van der Waals surface area contributed by atoms with Gasteiger partial charge in [0.25, 0.3) is 23.6 Å². The van der Waals surface area contributed by atoms with Crippen LogP contribution in [0, 0.1) is 6.92 Å². The van der Waals surface area contributed by atoms with Crippen molar-refractivity contribution in [3.63, 3.8) is 0 Å². The van der Waals surface area contributed by atoms with Crippen molar-refractivity contribution in [2.45, 2.75) is 42.5 Å². The van der Waals surface area contributed by atoms with Gasteiger partial charge in [-0.05, 0) is 65.6 Å². The Labute approximate surface area is 295 Å². The van der Waals surface area contributed by atoms with E-state index in [1.165, 1.54) is 6.92 Å². The van der Waals surface area contributed by atoms with Crippen LogP contribution >= 0.6 is 0 Å². The lowest BCUT2D eigenvalue weighted by Gasteiger charge is -2.38. The van der Waals surface area contributed by atoms with E-state index in [1.807, 2.05) is 0 Å². The number of anilines is 1. The molecule has 0 saturated carbocycles. The molecule has 2 aliphatic rings. The molecular formula is C36H20F12N2O4. The molecule has 0 N–H and O–H groups in total. The number of amides is 4. The third kappa shape index (κ3) is 5.12. The van der Waals surface area contributed by atoms with Crippen LogP contribution in [0.15, 0.2) is 84.9 Å². The minimum atomic E-state index is -6.24. The number of hydrogen-bond donors (Lipinski definition) is 0. The average molecular weight is 773 g/mol. The van der Waals surface area contributed by atoms with Crippen LogP contribution in [-0.4, -0.2) is 60.3 Å². The normalized spacial score (nSPS) is 15.7. The molecule has 0 aliphatic carbocycles. The quantitative estimate of drug-likeness (QED) is 0.150. The number of halogens is 12. The Morgan fingerprint density at radius 3 is 1.15 bits per heavy atom. The molecule has 2 heterocycles. The monoisotopic (exact) mass is 772 g/mol. The van der Waals surface area contributed by atoms with Gasteiger partial charge in [0.1, 0.15) is 0 Å². The molecular weight excluding hydrogens is 752 g/mol. The highest BCUT2D eigenvalue weighted by Crippen LogP contribution is 2.58. The zero-order chi connectivity index (χ0) is 40.1. The summed E-state index contributed by atoms with van der Waals surface area (Å²) in [5, 5.41) is 0. The molecule has 2 aliphatic heterocycles. The maximum Gasteiger partial charge on any atom is 0.411 e. The topological polar surface area (TPSA) is 74.8 Å². The number of nitrogens with zero attached hydrogens (tertiary/aromatic N) is 2. The second kappa shape index (κ2) is 11.9. The summed E-state index contributed by atoms with van der Waals surface area (Å²) in [6.45, 7) is 1.43. The molecule has 6 nitrogen and oxygen atoms in total. The Balaban J connectivity index is 1.47. The lowest BCUT2D eigenvalue weighted by molar-refractivity contribution is -0.290. The van der Waals surface area contributed by atoms with E-state index < -0.39 is 109 Å². The molecule has 0 atom stereocenters. The van der Waals surface area contributed by atoms with Crippen molar-refractivity contribution < 1.29 is 71.9 Å². The third-order valence-corrected chi connectivity index (χ3v) is 9.59. The molecule has 6 rings (SSSR count). The predicted molar refractivity (Wildman–Crippen MR) is 164 cm³/mol. The zero-order valence-electron chi connectivity index (χ0n) is 27.1. The number of alkyl halides is 12. The standard InChI is InChI=1S/C36H20F12N2O4/c1-17-3-5-18(6-4-17)31(33(37,38)39,34(40,41)42)19-7-11-22(12-8-19)50-29(53)24-14-10-21(16-26(24)30(50)54)32(35(43,44)45,36(46,47)48)20-9-13-23-25(15-20)28(52)49(2)27(23)51/h3-16H,1-2H3. The van der Waals surface area contributed by atoms with E-state index in [9.17, 15) is 71.9 Å². The van der Waals surface area contributed by atoms with Gasteiger partial charge in [-0.2, -0.15) is 52.7 Å². The van der Waals surface area contributed by atoms with E-state index >= 15 is 0 Å². The maximum atomic E-state index is 15.0. The van der Waals surface area contributed by atoms with Crippen molar-refractivity contribution in [3.8, 4) is 0 Å². The molecule has 54 heavy (non-hydrogen) atoms. The van der Waals surface area contributed by atoms with Gasteiger partial charge in [0, 0.05) is 7.05 Å². The summed E-state index contributed by atoms with van der Waals surface area (Å²) < 4.78 is 177. The smallest absolute Gasteiger partial charge is 0.277 e. The Hall–Kier alpha value is -5.68. The SMILES string of the molecule is Cc1ccc(C(c2ccc(N3C(=O)c4ccc(C(c5ccc6c(c5)C(=O)N(C)C6=O)(C(F)(F)F)C(F)(F)F)cc4C3=O)cc2)(C(F)(F)F)C(F)(F)F)cc1. The van der Waals surface area contributed by atoms with Gasteiger partial charge in [-0.3, -0.25) is 24.1 Å². The van der Waals surface area contributed by atoms with E-state index in [0.717, 1.165) is 19.2 Å². The number of aryl methyl sites for hydroxylation is 1. The summed E-state index contributed by atoms with van der Waals surface area (Å²) in [7, 11) is 0.959. The Morgan fingerprint density at radius 1 is 0.407 bits per heavy atom. The van der Waals surface area contributed by atoms with E-state index in [2.05, 4.69) is 0 Å². The van der Waals surface area contributed by atoms with Gasteiger partial charge in [0.15, 0.2) is 0 Å². The molecule has 0 saturated heterocycles. The van der Waals surface area contributed by atoms with Crippen LogP contribution < -0.4 is 4.90 Å². The van der Waals surface area contributed by atoms with Crippen LogP contribution in [0.1, 0.15) is 69.2 Å². The number of fused-ring (bicyclic) bond motifs is 2. The fraction of sp³-hybridized carbons (Fsp3) is 0.222. The summed E-state index contributed by atoms with van der Waals surface area (Å²) in [6, 6.07) is 7.22. The summed E-state index contributed by atoms with van der Waals surface area (Å²) >= 11 is 0. The first-order chi connectivity index (χ1) is 24.8. The summed E-state index contributed by atoms with van der Waals surface area (Å²) in [5.41, 5.74) is -18.6. The lowest BCUT2D eigenvalue weighted by atomic mass is 9.71. The highest BCUT2D eigenvalue weighted by atomic mass is 19.4. The molecule has 0 radical (unpaired) electrons. The van der Waals surface area contributed by atoms with E-state index in [0.29, 0.717) is 65.1 Å². The van der Waals surface area contributed by atoms with Crippen LogP contribution in [-0.2, 0) is 10.8 Å². The summed E-state index contributed by atoms with van der Waals surface area (Å²) in [6.07, 6.45) is -24.5. The van der Waals surface area contributed by atoms with Crippen LogP contribution in [0.2, 0.25) is 0 Å². The van der Waals surface area contributed by atoms with E-state index in [-0.39, 0.29) is 23.1 Å². The van der Waals surface area contributed by atoms with Gasteiger partial charge in [0.05, 0.1) is 27.9 Å². The second-order valence-corrected chi connectivity index (χ2v) is 12.5. The van der Waals surface area contributed by atoms with Gasteiger partial charge in [-0.1, -0.05) is 54.1 Å². The van der Waals surface area contributed by atoms with Gasteiger partial charge < -0.3 is 0 Å². The highest BCUT2D eigenvalue weighted by Gasteiger charge is 2.74. The first-order valence-corrected chi connectivity index (χ1v) is 15.3. The van der Waals surface area contributed by atoms with Crippen molar-refractivity contribution in [2.75, 3.05) is 11.9 Å². The number of carbonyl (C=O) groups is 4. The Bertz CT molecular complexity index is 2210. The van der Waals surface area contributed by atoms with Crippen LogP contribution in [0.4, 0.5) is 58.4 Å². The van der Waals surface area contributed by atoms with E-state index in [1.54, 1.807) is 0 Å². The molecule has 0 unspecified atom stereocenters. The van der Waals surface area contributed by atoms with Crippen molar-refractivity contribution in [2.24, 2.45) is 0 Å². The van der Waals surface area contributed by atoms with Crippen molar-refractivity contribution in [3.05, 3.63) is 135 Å². The van der Waals surface area contributed by atoms with Crippen molar-refractivity contribution in [1.29, 1.82) is 0 Å². The van der Waals surface area contributed by atoms with Gasteiger partial charge in [-0.15, -0.1) is 0 Å². The van der Waals surface area contributed by atoms with Crippen LogP contribution in [0.5, 0.6) is 0 Å². The Kier molecular flexibility index (Phi) is 8.40. The molecule has 4 aromatic rings. The fourth-order valence-electron chi connectivity index (χ4n) is 6.93. The molecule has 0 spiro atoms. The molecule has 0 aromatic heterocycles. The largest absolute Gasteiger partial charge is 0.411 e. The van der Waals surface area contributed by atoms with E-state index in [4.69, 9.17) is 0 Å². The minimum absolute atomic E-state index is 0.146. The molecule has 282 valence electrons. The zero-order valence-corrected chi connectivity index (χ0v) is 27.1. The fourth-order valence-corrected chi connectivity index (χ4v) is 6.93. The summed E-state index contributed by atoms with van der Waals surface area (Å²) in [4.78, 5) is 52.3. The molecule has 18 heteroatoms. The number of rotatable bonds is 5. The number of imide groups is 2. The third-order valence-electron chi connectivity index (χ3n) is 9.59. The molecule has 4 amide bonds. The lowest BCUT2D eigenvalue weighted by Crippen LogP contribution is -2.55. The van der Waals surface area contributed by atoms with Crippen LogP contribution in [0.25, 0.3) is 0 Å². The van der Waals surface area contributed by atoms with Gasteiger partial charge in [-0.25, -0.2) is 4.90 Å². The van der Waals surface area contributed by atoms with Crippen LogP contribution in [0.3, 0.4) is 0 Å². The van der Waals surface area contributed by atoms with Crippen molar-refractivity contribution >= 4 is 29.3 Å². The molecule has 0 fully saturated rings. The number of carbonyl (C=O) groups excluding carboxylic acids is 4. The molecule has 0 bridgehead atoms. The first-order valence-electron chi connectivity index (χ1n) is 15.3. The van der Waals surface area contributed by atoms with Crippen molar-refractivity contribution in [1.82, 2.24) is 4.90 Å².